The van der Waals surface area contributed by atoms with Crippen LogP contribution >= 0.6 is 12.4 Å². The highest BCUT2D eigenvalue weighted by Crippen LogP contribution is 2.22. The molecule has 1 aromatic rings. The lowest BCUT2D eigenvalue weighted by molar-refractivity contribution is -0.155. The number of nitrogens with zero attached hydrogens (tertiary/aromatic N) is 1. The van der Waals surface area contributed by atoms with Gasteiger partial charge in [-0.05, 0) is 6.07 Å². The molecule has 1 aliphatic rings. The maximum atomic E-state index is 13.2. The SMILES string of the molecule is CC(=O)N1CCOC(Oc2cc(F)ccc2CN)C1.Cl. The quantitative estimate of drug-likeness (QED) is 0.914. The van der Waals surface area contributed by atoms with E-state index in [-0.39, 0.29) is 24.9 Å². The van der Waals surface area contributed by atoms with Gasteiger partial charge in [-0.25, -0.2) is 4.39 Å². The molecule has 5 nitrogen and oxygen atoms in total. The minimum atomic E-state index is -0.593. The number of carbonyl (C=O) groups excluding carboxylic acids is 1. The summed E-state index contributed by atoms with van der Waals surface area (Å²) in [5.74, 6) is -0.0699. The summed E-state index contributed by atoms with van der Waals surface area (Å²) in [6.45, 7) is 3.02. The van der Waals surface area contributed by atoms with Crippen LogP contribution in [0, 0.1) is 5.82 Å². The van der Waals surface area contributed by atoms with Crippen molar-refractivity contribution in [2.75, 3.05) is 19.7 Å². The van der Waals surface area contributed by atoms with Crippen molar-refractivity contribution in [3.63, 3.8) is 0 Å². The first-order valence-electron chi connectivity index (χ1n) is 6.12. The Morgan fingerprint density at radius 2 is 2.35 bits per heavy atom. The van der Waals surface area contributed by atoms with Gasteiger partial charge in [-0.1, -0.05) is 6.07 Å². The van der Waals surface area contributed by atoms with Gasteiger partial charge in [0.15, 0.2) is 0 Å². The molecule has 0 bridgehead atoms. The van der Waals surface area contributed by atoms with Crippen LogP contribution in [-0.2, 0) is 16.1 Å². The average Bonchev–Trinajstić information content (AvgIpc) is 2.39. The minimum Gasteiger partial charge on any atom is -0.463 e. The van der Waals surface area contributed by atoms with E-state index in [0.717, 1.165) is 0 Å². The first-order chi connectivity index (χ1) is 9.10. The van der Waals surface area contributed by atoms with E-state index in [2.05, 4.69) is 0 Å². The Balaban J connectivity index is 0.00000200. The Labute approximate surface area is 123 Å². The van der Waals surface area contributed by atoms with E-state index in [4.69, 9.17) is 15.2 Å². The van der Waals surface area contributed by atoms with Gasteiger partial charge in [-0.2, -0.15) is 0 Å². The lowest BCUT2D eigenvalue weighted by atomic mass is 10.2. The van der Waals surface area contributed by atoms with Crippen molar-refractivity contribution < 1.29 is 18.7 Å². The standard InChI is InChI=1S/C13H17FN2O3.ClH/c1-9(17)16-4-5-18-13(8-16)19-12-6-11(14)3-2-10(12)7-15;/h2-3,6,13H,4-5,7-8,15H2,1H3;1H. The van der Waals surface area contributed by atoms with Gasteiger partial charge in [0.1, 0.15) is 11.6 Å². The Hall–Kier alpha value is -1.37. The summed E-state index contributed by atoms with van der Waals surface area (Å²) in [7, 11) is 0. The molecule has 2 rings (SSSR count). The molecule has 0 aliphatic carbocycles. The molecule has 112 valence electrons. The van der Waals surface area contributed by atoms with Gasteiger partial charge in [0, 0.05) is 31.6 Å². The highest BCUT2D eigenvalue weighted by atomic mass is 35.5. The summed E-state index contributed by atoms with van der Waals surface area (Å²) in [6, 6.07) is 4.19. The fourth-order valence-electron chi connectivity index (χ4n) is 1.92. The van der Waals surface area contributed by atoms with E-state index in [1.165, 1.54) is 19.1 Å². The molecule has 1 aromatic carbocycles. The van der Waals surface area contributed by atoms with Crippen molar-refractivity contribution in [3.8, 4) is 5.75 Å². The molecular formula is C13H18ClFN2O3. The van der Waals surface area contributed by atoms with Gasteiger partial charge in [0.05, 0.1) is 13.2 Å². The third-order valence-corrected chi connectivity index (χ3v) is 2.99. The summed E-state index contributed by atoms with van der Waals surface area (Å²) in [5, 5.41) is 0. The van der Waals surface area contributed by atoms with Crippen molar-refractivity contribution in [1.29, 1.82) is 0 Å². The van der Waals surface area contributed by atoms with Crippen LogP contribution in [-0.4, -0.2) is 36.8 Å². The zero-order valence-electron chi connectivity index (χ0n) is 11.2. The summed E-state index contributed by atoms with van der Waals surface area (Å²) >= 11 is 0. The molecule has 1 saturated heterocycles. The lowest BCUT2D eigenvalue weighted by Gasteiger charge is -2.32. The zero-order valence-corrected chi connectivity index (χ0v) is 12.0. The van der Waals surface area contributed by atoms with Crippen molar-refractivity contribution in [3.05, 3.63) is 29.6 Å². The Kier molecular flexibility index (Phi) is 6.19. The largest absolute Gasteiger partial charge is 0.463 e. The Morgan fingerprint density at radius 3 is 3.00 bits per heavy atom. The van der Waals surface area contributed by atoms with Gasteiger partial charge < -0.3 is 20.1 Å². The molecule has 2 N–H and O–H groups in total. The second-order valence-corrected chi connectivity index (χ2v) is 4.34. The van der Waals surface area contributed by atoms with Crippen LogP contribution in [0.1, 0.15) is 12.5 Å². The molecule has 1 amide bonds. The first kappa shape index (κ1) is 16.7. The Morgan fingerprint density at radius 1 is 1.60 bits per heavy atom. The fraction of sp³-hybridized carbons (Fsp3) is 0.462. The first-order valence-corrected chi connectivity index (χ1v) is 6.12. The highest BCUT2D eigenvalue weighted by Gasteiger charge is 2.24. The van der Waals surface area contributed by atoms with E-state index < -0.39 is 12.1 Å². The second-order valence-electron chi connectivity index (χ2n) is 4.34. The van der Waals surface area contributed by atoms with Crippen LogP contribution in [0.4, 0.5) is 4.39 Å². The summed E-state index contributed by atoms with van der Waals surface area (Å²) in [4.78, 5) is 12.9. The molecule has 1 heterocycles. The maximum Gasteiger partial charge on any atom is 0.219 e. The van der Waals surface area contributed by atoms with Crippen molar-refractivity contribution in [1.82, 2.24) is 4.90 Å². The van der Waals surface area contributed by atoms with Crippen LogP contribution in [0.2, 0.25) is 0 Å². The van der Waals surface area contributed by atoms with Crippen molar-refractivity contribution in [2.45, 2.75) is 19.8 Å². The molecule has 1 fully saturated rings. The molecule has 0 saturated carbocycles. The Bertz CT molecular complexity index is 473. The van der Waals surface area contributed by atoms with Crippen LogP contribution in [0.25, 0.3) is 0 Å². The number of morpholine rings is 1. The van der Waals surface area contributed by atoms with E-state index in [1.54, 1.807) is 11.0 Å². The lowest BCUT2D eigenvalue weighted by Crippen LogP contribution is -2.47. The molecule has 0 aromatic heterocycles. The number of ether oxygens (including phenoxy) is 2. The second kappa shape index (κ2) is 7.42. The fourth-order valence-corrected chi connectivity index (χ4v) is 1.92. The number of rotatable bonds is 3. The predicted molar refractivity (Wildman–Crippen MR) is 74.2 cm³/mol. The van der Waals surface area contributed by atoms with Crippen LogP contribution in [0.15, 0.2) is 18.2 Å². The number of hydrogen-bond donors (Lipinski definition) is 1. The number of halogens is 2. The number of hydrogen-bond acceptors (Lipinski definition) is 4. The summed E-state index contributed by atoms with van der Waals surface area (Å²) in [6.07, 6.45) is -0.593. The molecule has 1 aliphatic heterocycles. The average molecular weight is 305 g/mol. The number of nitrogens with two attached hydrogens (primary N) is 1. The topological polar surface area (TPSA) is 64.8 Å². The van der Waals surface area contributed by atoms with Gasteiger partial charge in [-0.15, -0.1) is 12.4 Å². The van der Waals surface area contributed by atoms with E-state index in [9.17, 15) is 9.18 Å². The molecule has 0 radical (unpaired) electrons. The highest BCUT2D eigenvalue weighted by molar-refractivity contribution is 5.85. The van der Waals surface area contributed by atoms with Gasteiger partial charge in [0.25, 0.3) is 0 Å². The molecule has 1 unspecified atom stereocenters. The molecule has 1 atom stereocenters. The number of amides is 1. The number of benzene rings is 1. The van der Waals surface area contributed by atoms with Crippen molar-refractivity contribution in [2.24, 2.45) is 5.73 Å². The van der Waals surface area contributed by atoms with Gasteiger partial charge in [-0.3, -0.25) is 4.79 Å². The molecular weight excluding hydrogens is 287 g/mol. The van der Waals surface area contributed by atoms with E-state index in [1.807, 2.05) is 0 Å². The van der Waals surface area contributed by atoms with Crippen LogP contribution in [0.3, 0.4) is 0 Å². The monoisotopic (exact) mass is 304 g/mol. The molecule has 0 spiro atoms. The minimum absolute atomic E-state index is 0. The van der Waals surface area contributed by atoms with Crippen LogP contribution in [0.5, 0.6) is 5.75 Å². The van der Waals surface area contributed by atoms with Gasteiger partial charge in [0.2, 0.25) is 12.2 Å². The van der Waals surface area contributed by atoms with Crippen molar-refractivity contribution >= 4 is 18.3 Å². The maximum absolute atomic E-state index is 13.2. The third kappa shape index (κ3) is 4.06. The summed E-state index contributed by atoms with van der Waals surface area (Å²) in [5.41, 5.74) is 6.27. The van der Waals surface area contributed by atoms with E-state index >= 15 is 0 Å². The third-order valence-electron chi connectivity index (χ3n) is 2.99. The van der Waals surface area contributed by atoms with Crippen LogP contribution < -0.4 is 10.5 Å². The number of carbonyl (C=O) groups is 1. The summed E-state index contributed by atoms with van der Waals surface area (Å²) < 4.78 is 24.2. The normalized spacial score (nSPS) is 18.4. The smallest absolute Gasteiger partial charge is 0.219 e. The predicted octanol–water partition coefficient (Wildman–Crippen LogP) is 1.29. The van der Waals surface area contributed by atoms with Gasteiger partial charge >= 0.3 is 0 Å². The zero-order chi connectivity index (χ0) is 13.8. The molecule has 7 heteroatoms. The molecule has 20 heavy (non-hydrogen) atoms. The van der Waals surface area contributed by atoms with E-state index in [0.29, 0.717) is 31.0 Å².